The van der Waals surface area contributed by atoms with Crippen LogP contribution in [0.2, 0.25) is 0 Å². The van der Waals surface area contributed by atoms with Crippen molar-refractivity contribution in [2.24, 2.45) is 0 Å². The first-order valence-corrected chi connectivity index (χ1v) is 7.34. The molecule has 0 bridgehead atoms. The molecular formula is C13H19NO2S. The maximum atomic E-state index is 11.3. The topological polar surface area (TPSA) is 46.2 Å². The van der Waals surface area contributed by atoms with E-state index in [-0.39, 0.29) is 5.91 Å². The van der Waals surface area contributed by atoms with Gasteiger partial charge >= 0.3 is 0 Å². The van der Waals surface area contributed by atoms with E-state index in [1.807, 2.05) is 18.2 Å². The summed E-state index contributed by atoms with van der Waals surface area (Å²) in [5.41, 5.74) is 2.85. The number of rotatable bonds is 4. The van der Waals surface area contributed by atoms with E-state index in [1.54, 1.807) is 6.26 Å². The van der Waals surface area contributed by atoms with Crippen LogP contribution in [0.25, 0.3) is 0 Å². The van der Waals surface area contributed by atoms with E-state index in [2.05, 4.69) is 19.2 Å². The minimum Gasteiger partial charge on any atom is -0.326 e. The van der Waals surface area contributed by atoms with E-state index in [0.717, 1.165) is 16.8 Å². The number of carbonyl (C=O) groups is 1. The fourth-order valence-electron chi connectivity index (χ4n) is 1.77. The van der Waals surface area contributed by atoms with Gasteiger partial charge < -0.3 is 5.32 Å². The Bertz CT molecular complexity index is 441. The van der Waals surface area contributed by atoms with Crippen LogP contribution in [0, 0.1) is 0 Å². The number of hydrogen-bond acceptors (Lipinski definition) is 2. The molecule has 0 saturated heterocycles. The normalized spacial score (nSPS) is 12.5. The van der Waals surface area contributed by atoms with Crippen molar-refractivity contribution in [2.75, 3.05) is 11.6 Å². The molecule has 4 heteroatoms. The molecule has 0 aliphatic carbocycles. The van der Waals surface area contributed by atoms with Crippen LogP contribution in [-0.4, -0.2) is 16.4 Å². The van der Waals surface area contributed by atoms with Gasteiger partial charge in [0.25, 0.3) is 0 Å². The predicted molar refractivity (Wildman–Crippen MR) is 72.6 cm³/mol. The first kappa shape index (κ1) is 13.9. The van der Waals surface area contributed by atoms with Gasteiger partial charge in [-0.15, -0.1) is 0 Å². The molecule has 1 rings (SSSR count). The van der Waals surface area contributed by atoms with Crippen molar-refractivity contribution in [3.05, 3.63) is 29.3 Å². The van der Waals surface area contributed by atoms with Crippen LogP contribution >= 0.6 is 0 Å². The van der Waals surface area contributed by atoms with Gasteiger partial charge in [-0.3, -0.25) is 9.00 Å². The van der Waals surface area contributed by atoms with Gasteiger partial charge in [0.1, 0.15) is 0 Å². The number of benzene rings is 1. The second kappa shape index (κ2) is 5.96. The Morgan fingerprint density at radius 3 is 2.53 bits per heavy atom. The lowest BCUT2D eigenvalue weighted by Crippen LogP contribution is -2.12. The lowest BCUT2D eigenvalue weighted by Gasteiger charge is -2.17. The fraction of sp³-hybridized carbons (Fsp3) is 0.462. The average Bonchev–Trinajstić information content (AvgIpc) is 2.18. The molecule has 1 N–H and O–H groups in total. The molecule has 0 aliphatic heterocycles. The van der Waals surface area contributed by atoms with Crippen molar-refractivity contribution in [1.82, 2.24) is 0 Å². The molecule has 0 heterocycles. The van der Waals surface area contributed by atoms with Crippen LogP contribution in [-0.2, 0) is 21.3 Å². The first-order valence-electron chi connectivity index (χ1n) is 5.61. The van der Waals surface area contributed by atoms with Crippen molar-refractivity contribution >= 4 is 22.4 Å². The molecule has 0 fully saturated rings. The Labute approximate surface area is 105 Å². The second-order valence-corrected chi connectivity index (χ2v) is 5.87. The SMILES string of the molecule is CC(=O)Nc1c(C[S@@](C)=O)cccc1C(C)C. The van der Waals surface area contributed by atoms with Gasteiger partial charge in [0, 0.05) is 29.7 Å². The molecule has 3 nitrogen and oxygen atoms in total. The molecule has 0 aliphatic rings. The van der Waals surface area contributed by atoms with Crippen molar-refractivity contribution in [3.63, 3.8) is 0 Å². The van der Waals surface area contributed by atoms with Gasteiger partial charge in [0.05, 0.1) is 5.75 Å². The maximum Gasteiger partial charge on any atom is 0.221 e. The number of carbonyl (C=O) groups excluding carboxylic acids is 1. The highest BCUT2D eigenvalue weighted by Gasteiger charge is 2.13. The summed E-state index contributed by atoms with van der Waals surface area (Å²) in [7, 11) is -0.914. The predicted octanol–water partition coefficient (Wildman–Crippen LogP) is 2.65. The van der Waals surface area contributed by atoms with E-state index in [4.69, 9.17) is 0 Å². The number of para-hydroxylation sites is 1. The Morgan fingerprint density at radius 2 is 2.06 bits per heavy atom. The lowest BCUT2D eigenvalue weighted by atomic mass is 9.98. The molecule has 0 spiro atoms. The summed E-state index contributed by atoms with van der Waals surface area (Å²) < 4.78 is 11.3. The summed E-state index contributed by atoms with van der Waals surface area (Å²) in [6.45, 7) is 5.64. The summed E-state index contributed by atoms with van der Waals surface area (Å²) in [6.07, 6.45) is 1.67. The van der Waals surface area contributed by atoms with Gasteiger partial charge in [0.2, 0.25) is 5.91 Å². The first-order chi connectivity index (χ1) is 7.91. The Hall–Kier alpha value is -1.16. The third-order valence-electron chi connectivity index (χ3n) is 2.46. The highest BCUT2D eigenvalue weighted by atomic mass is 32.2. The van der Waals surface area contributed by atoms with Gasteiger partial charge in [-0.2, -0.15) is 0 Å². The quantitative estimate of drug-likeness (QED) is 0.896. The van der Waals surface area contributed by atoms with E-state index in [0.29, 0.717) is 11.7 Å². The van der Waals surface area contributed by atoms with E-state index in [1.165, 1.54) is 6.92 Å². The third-order valence-corrected chi connectivity index (χ3v) is 3.18. The molecule has 1 amide bonds. The van der Waals surface area contributed by atoms with E-state index >= 15 is 0 Å². The van der Waals surface area contributed by atoms with Crippen molar-refractivity contribution in [2.45, 2.75) is 32.4 Å². The lowest BCUT2D eigenvalue weighted by molar-refractivity contribution is -0.114. The monoisotopic (exact) mass is 253 g/mol. The summed E-state index contributed by atoms with van der Waals surface area (Å²) >= 11 is 0. The van der Waals surface area contributed by atoms with Gasteiger partial charge in [0.15, 0.2) is 0 Å². The Balaban J connectivity index is 3.23. The molecule has 17 heavy (non-hydrogen) atoms. The fourth-order valence-corrected chi connectivity index (χ4v) is 2.45. The number of anilines is 1. The van der Waals surface area contributed by atoms with Crippen molar-refractivity contribution in [1.29, 1.82) is 0 Å². The maximum absolute atomic E-state index is 11.3. The van der Waals surface area contributed by atoms with Crippen molar-refractivity contribution in [3.8, 4) is 0 Å². The van der Waals surface area contributed by atoms with Crippen LogP contribution in [0.4, 0.5) is 5.69 Å². The zero-order chi connectivity index (χ0) is 13.0. The van der Waals surface area contributed by atoms with Gasteiger partial charge in [-0.05, 0) is 17.0 Å². The third kappa shape index (κ3) is 3.97. The van der Waals surface area contributed by atoms with Crippen LogP contribution in [0.1, 0.15) is 37.8 Å². The molecule has 1 atom stereocenters. The molecule has 0 aromatic heterocycles. The minimum absolute atomic E-state index is 0.0961. The number of amides is 1. The van der Waals surface area contributed by atoms with Crippen LogP contribution in [0.5, 0.6) is 0 Å². The molecule has 0 unspecified atom stereocenters. The number of nitrogens with one attached hydrogen (secondary N) is 1. The van der Waals surface area contributed by atoms with Crippen LogP contribution in [0.15, 0.2) is 18.2 Å². The summed E-state index contributed by atoms with van der Waals surface area (Å²) in [6, 6.07) is 5.86. The van der Waals surface area contributed by atoms with Crippen LogP contribution < -0.4 is 5.32 Å². The standard InChI is InChI=1S/C13H19NO2S/c1-9(2)12-7-5-6-11(8-17(4)16)13(12)14-10(3)15/h5-7,9H,8H2,1-4H3,(H,14,15)/t17-/m1/s1. The van der Waals surface area contributed by atoms with Crippen LogP contribution in [0.3, 0.4) is 0 Å². The zero-order valence-corrected chi connectivity index (χ0v) is 11.6. The highest BCUT2D eigenvalue weighted by Crippen LogP contribution is 2.28. The zero-order valence-electron chi connectivity index (χ0n) is 10.7. The smallest absolute Gasteiger partial charge is 0.221 e. The van der Waals surface area contributed by atoms with Gasteiger partial charge in [-0.25, -0.2) is 0 Å². The number of hydrogen-bond donors (Lipinski definition) is 1. The summed E-state index contributed by atoms with van der Waals surface area (Å²) in [5, 5.41) is 2.86. The molecule has 0 saturated carbocycles. The highest BCUT2D eigenvalue weighted by molar-refractivity contribution is 7.83. The van der Waals surface area contributed by atoms with Gasteiger partial charge in [-0.1, -0.05) is 32.0 Å². The Kier molecular flexibility index (Phi) is 4.87. The molecule has 1 aromatic rings. The molecule has 94 valence electrons. The minimum atomic E-state index is -0.914. The summed E-state index contributed by atoms with van der Waals surface area (Å²) in [4.78, 5) is 11.2. The molecular weight excluding hydrogens is 234 g/mol. The van der Waals surface area contributed by atoms with Crippen molar-refractivity contribution < 1.29 is 9.00 Å². The van der Waals surface area contributed by atoms with E-state index in [9.17, 15) is 9.00 Å². The second-order valence-electron chi connectivity index (χ2n) is 4.43. The molecule has 0 radical (unpaired) electrons. The summed E-state index contributed by atoms with van der Waals surface area (Å²) in [5.74, 6) is 0.694. The average molecular weight is 253 g/mol. The molecule has 1 aromatic carbocycles. The Morgan fingerprint density at radius 1 is 1.41 bits per heavy atom. The largest absolute Gasteiger partial charge is 0.326 e. The van der Waals surface area contributed by atoms with E-state index < -0.39 is 10.8 Å².